The lowest BCUT2D eigenvalue weighted by atomic mass is 10.00. The van der Waals surface area contributed by atoms with E-state index >= 15 is 0 Å². The molecule has 1 fully saturated rings. The molecule has 196 valence electrons. The number of hydrogen-bond acceptors (Lipinski definition) is 4. The van der Waals surface area contributed by atoms with Crippen molar-refractivity contribution in [3.63, 3.8) is 0 Å². The first-order chi connectivity index (χ1) is 18.7. The van der Waals surface area contributed by atoms with Crippen LogP contribution in [-0.4, -0.2) is 50.3 Å². The van der Waals surface area contributed by atoms with Gasteiger partial charge in [0.05, 0.1) is 13.2 Å². The van der Waals surface area contributed by atoms with Crippen LogP contribution in [0.4, 0.5) is 5.69 Å². The summed E-state index contributed by atoms with van der Waals surface area (Å²) in [5, 5.41) is 5.08. The van der Waals surface area contributed by atoms with Crippen molar-refractivity contribution in [3.05, 3.63) is 96.1 Å². The molecule has 4 aromatic rings. The van der Waals surface area contributed by atoms with Gasteiger partial charge < -0.3 is 14.8 Å². The average Bonchev–Trinajstić information content (AvgIpc) is 2.98. The number of ether oxygens (including phenoxy) is 2. The molecule has 1 saturated heterocycles. The summed E-state index contributed by atoms with van der Waals surface area (Å²) in [4.78, 5) is 15.6. The van der Waals surface area contributed by atoms with E-state index in [2.05, 4.69) is 47.5 Å². The summed E-state index contributed by atoms with van der Waals surface area (Å²) < 4.78 is 11.6. The number of nitrogens with zero attached hydrogens (tertiary/aromatic N) is 1. The first-order valence-corrected chi connectivity index (χ1v) is 13.7. The van der Waals surface area contributed by atoms with Crippen molar-refractivity contribution in [2.24, 2.45) is 0 Å². The monoisotopic (exact) mass is 508 g/mol. The lowest BCUT2D eigenvalue weighted by molar-refractivity contribution is 0.0323. The number of aryl methyl sites for hydroxylation is 1. The van der Waals surface area contributed by atoms with Crippen LogP contribution in [0, 0.1) is 0 Å². The maximum atomic E-state index is 13.3. The van der Waals surface area contributed by atoms with Gasteiger partial charge in [0, 0.05) is 41.7 Å². The predicted molar refractivity (Wildman–Crippen MR) is 155 cm³/mol. The normalized spacial score (nSPS) is 13.9. The van der Waals surface area contributed by atoms with Crippen LogP contribution in [0.2, 0.25) is 0 Å². The van der Waals surface area contributed by atoms with Crippen LogP contribution in [0.5, 0.6) is 5.75 Å². The van der Waals surface area contributed by atoms with Gasteiger partial charge in [-0.25, -0.2) is 0 Å². The number of morpholine rings is 1. The number of nitrogens with one attached hydrogen (secondary N) is 1. The molecule has 1 heterocycles. The fraction of sp³-hybridized carbons (Fsp3) is 0.303. The number of hydrogen-bond donors (Lipinski definition) is 1. The van der Waals surface area contributed by atoms with Crippen molar-refractivity contribution >= 4 is 22.4 Å². The van der Waals surface area contributed by atoms with Crippen molar-refractivity contribution in [1.82, 2.24) is 4.90 Å². The summed E-state index contributed by atoms with van der Waals surface area (Å²) in [7, 11) is 0. The lowest BCUT2D eigenvalue weighted by Crippen LogP contribution is -2.38. The Balaban J connectivity index is 1.29. The van der Waals surface area contributed by atoms with Gasteiger partial charge in [0.25, 0.3) is 5.91 Å². The van der Waals surface area contributed by atoms with Gasteiger partial charge in [0.2, 0.25) is 0 Å². The van der Waals surface area contributed by atoms with Gasteiger partial charge in [-0.15, -0.1) is 0 Å². The minimum absolute atomic E-state index is 0.127. The van der Waals surface area contributed by atoms with E-state index in [1.54, 1.807) is 0 Å². The summed E-state index contributed by atoms with van der Waals surface area (Å²) in [6, 6.07) is 28.4. The van der Waals surface area contributed by atoms with Gasteiger partial charge in [-0.3, -0.25) is 9.69 Å². The van der Waals surface area contributed by atoms with E-state index in [0.29, 0.717) is 12.2 Å². The molecule has 5 nitrogen and oxygen atoms in total. The third kappa shape index (κ3) is 6.42. The zero-order valence-electron chi connectivity index (χ0n) is 22.1. The van der Waals surface area contributed by atoms with Crippen molar-refractivity contribution in [2.45, 2.75) is 26.2 Å². The summed E-state index contributed by atoms with van der Waals surface area (Å²) in [5.41, 5.74) is 4.91. The molecular weight excluding hydrogens is 472 g/mol. The Morgan fingerprint density at radius 1 is 0.895 bits per heavy atom. The van der Waals surface area contributed by atoms with E-state index < -0.39 is 0 Å². The molecule has 0 radical (unpaired) electrons. The zero-order valence-corrected chi connectivity index (χ0v) is 22.1. The number of carbonyl (C=O) groups excluding carboxylic acids is 1. The van der Waals surface area contributed by atoms with E-state index in [4.69, 9.17) is 9.47 Å². The lowest BCUT2D eigenvalue weighted by Gasteiger charge is -2.26. The topological polar surface area (TPSA) is 50.8 Å². The number of fused-ring (bicyclic) bond motifs is 1. The highest BCUT2D eigenvalue weighted by Crippen LogP contribution is 2.32. The molecule has 4 aromatic carbocycles. The zero-order chi connectivity index (χ0) is 26.2. The Bertz CT molecular complexity index is 1360. The molecule has 0 saturated carbocycles. The number of unbranched alkanes of at least 4 members (excludes halogenated alkanes) is 1. The van der Waals surface area contributed by atoms with Gasteiger partial charge >= 0.3 is 0 Å². The first-order valence-electron chi connectivity index (χ1n) is 13.7. The molecule has 0 spiro atoms. The smallest absolute Gasteiger partial charge is 0.255 e. The van der Waals surface area contributed by atoms with Crippen molar-refractivity contribution < 1.29 is 14.3 Å². The number of benzene rings is 4. The molecule has 0 aromatic heterocycles. The van der Waals surface area contributed by atoms with Crippen LogP contribution in [0.15, 0.2) is 84.9 Å². The molecular formula is C33H36N2O3. The highest BCUT2D eigenvalue weighted by atomic mass is 16.5. The van der Waals surface area contributed by atoms with Crippen LogP contribution < -0.4 is 10.1 Å². The Kier molecular flexibility index (Phi) is 8.69. The highest BCUT2D eigenvalue weighted by Gasteiger charge is 2.14. The minimum Gasteiger partial charge on any atom is -0.492 e. The molecule has 0 bridgehead atoms. The average molecular weight is 509 g/mol. The maximum Gasteiger partial charge on any atom is 0.255 e. The molecule has 0 aliphatic carbocycles. The number of anilines is 1. The Morgan fingerprint density at radius 3 is 2.47 bits per heavy atom. The van der Waals surface area contributed by atoms with E-state index in [-0.39, 0.29) is 5.91 Å². The SMILES string of the molecule is CCCCc1ccc(-c2cccc(C(=O)Nc3ccc(OCCN4CCOCC4)c4ccccc34)c2)cc1. The van der Waals surface area contributed by atoms with Crippen molar-refractivity contribution in [2.75, 3.05) is 44.8 Å². The quantitative estimate of drug-likeness (QED) is 0.256. The van der Waals surface area contributed by atoms with Crippen LogP contribution in [-0.2, 0) is 11.2 Å². The van der Waals surface area contributed by atoms with E-state index in [1.807, 2.05) is 54.6 Å². The standard InChI is InChI=1S/C33H36N2O3/c1-2-3-7-25-12-14-26(15-13-25)27-8-6-9-28(24-27)33(36)34-31-16-17-32(30-11-5-4-10-29(30)31)38-23-20-35-18-21-37-22-19-35/h4-6,8-17,24H,2-3,7,18-23H2,1H3,(H,34,36). The Morgan fingerprint density at radius 2 is 1.68 bits per heavy atom. The number of rotatable bonds is 10. The summed E-state index contributed by atoms with van der Waals surface area (Å²) in [6.45, 7) is 7.15. The highest BCUT2D eigenvalue weighted by molar-refractivity contribution is 6.10. The Hall–Kier alpha value is -3.67. The molecule has 0 atom stereocenters. The van der Waals surface area contributed by atoms with Gasteiger partial charge in [-0.1, -0.05) is 74.0 Å². The maximum absolute atomic E-state index is 13.3. The van der Waals surface area contributed by atoms with Crippen molar-refractivity contribution in [1.29, 1.82) is 0 Å². The molecule has 1 N–H and O–H groups in total. The second-order valence-corrected chi connectivity index (χ2v) is 9.79. The first kappa shape index (κ1) is 26.0. The summed E-state index contributed by atoms with van der Waals surface area (Å²) >= 11 is 0. The van der Waals surface area contributed by atoms with Gasteiger partial charge in [-0.05, 0) is 53.8 Å². The summed E-state index contributed by atoms with van der Waals surface area (Å²) in [5.74, 6) is 0.703. The fourth-order valence-electron chi connectivity index (χ4n) is 4.90. The van der Waals surface area contributed by atoms with Gasteiger partial charge in [0.15, 0.2) is 0 Å². The second kappa shape index (κ2) is 12.7. The fourth-order valence-corrected chi connectivity index (χ4v) is 4.90. The molecule has 38 heavy (non-hydrogen) atoms. The molecule has 1 aliphatic heterocycles. The second-order valence-electron chi connectivity index (χ2n) is 9.79. The number of carbonyl (C=O) groups is 1. The van der Waals surface area contributed by atoms with E-state index in [0.717, 1.165) is 72.6 Å². The van der Waals surface area contributed by atoms with Gasteiger partial charge in [0.1, 0.15) is 12.4 Å². The van der Waals surface area contributed by atoms with Crippen molar-refractivity contribution in [3.8, 4) is 16.9 Å². The van der Waals surface area contributed by atoms with Crippen LogP contribution >= 0.6 is 0 Å². The van der Waals surface area contributed by atoms with Crippen LogP contribution in [0.1, 0.15) is 35.7 Å². The van der Waals surface area contributed by atoms with E-state index in [1.165, 1.54) is 18.4 Å². The summed E-state index contributed by atoms with van der Waals surface area (Å²) in [6.07, 6.45) is 3.50. The molecule has 5 rings (SSSR count). The minimum atomic E-state index is -0.127. The largest absolute Gasteiger partial charge is 0.492 e. The number of amides is 1. The van der Waals surface area contributed by atoms with E-state index in [9.17, 15) is 4.79 Å². The van der Waals surface area contributed by atoms with Gasteiger partial charge in [-0.2, -0.15) is 0 Å². The molecule has 0 unspecified atom stereocenters. The Labute approximate surface area is 225 Å². The predicted octanol–water partition coefficient (Wildman–Crippen LogP) is 6.81. The third-order valence-corrected chi connectivity index (χ3v) is 7.13. The molecule has 5 heteroatoms. The van der Waals surface area contributed by atoms with Crippen LogP contribution in [0.25, 0.3) is 21.9 Å². The van der Waals surface area contributed by atoms with Crippen LogP contribution in [0.3, 0.4) is 0 Å². The third-order valence-electron chi connectivity index (χ3n) is 7.13. The molecule has 1 amide bonds. The molecule has 1 aliphatic rings.